The van der Waals surface area contributed by atoms with Gasteiger partial charge >= 0.3 is 0 Å². The molecule has 7 nitrogen and oxygen atoms in total. The Morgan fingerprint density at radius 1 is 1.10 bits per heavy atom. The Labute approximate surface area is 173 Å². The molecule has 0 spiro atoms. The molecule has 1 heterocycles. The van der Waals surface area contributed by atoms with Crippen LogP contribution >= 0.6 is 11.6 Å². The summed E-state index contributed by atoms with van der Waals surface area (Å²) >= 11 is 5.88. The highest BCUT2D eigenvalue weighted by atomic mass is 35.5. The third-order valence-electron chi connectivity index (χ3n) is 4.19. The van der Waals surface area contributed by atoms with Gasteiger partial charge in [-0.2, -0.15) is 0 Å². The van der Waals surface area contributed by atoms with E-state index < -0.39 is 0 Å². The number of oxazole rings is 1. The third-order valence-corrected chi connectivity index (χ3v) is 4.44. The summed E-state index contributed by atoms with van der Waals surface area (Å²) < 4.78 is 5.66. The molecule has 0 atom stereocenters. The first-order valence-electron chi connectivity index (χ1n) is 8.99. The summed E-state index contributed by atoms with van der Waals surface area (Å²) in [6.07, 6.45) is 2.04. The molecule has 29 heavy (non-hydrogen) atoms. The number of benzene rings is 2. The number of nitrogens with zero attached hydrogens (tertiary/aromatic N) is 2. The monoisotopic (exact) mass is 412 g/mol. The molecule has 0 aliphatic rings. The van der Waals surface area contributed by atoms with Gasteiger partial charge in [-0.05, 0) is 42.5 Å². The number of rotatable bonds is 6. The molecule has 2 amide bonds. The van der Waals surface area contributed by atoms with Crippen molar-refractivity contribution in [2.45, 2.75) is 12.8 Å². The van der Waals surface area contributed by atoms with Crippen molar-refractivity contribution in [3.05, 3.63) is 71.2 Å². The Balaban J connectivity index is 1.48. The van der Waals surface area contributed by atoms with Crippen molar-refractivity contribution in [3.63, 3.8) is 0 Å². The highest BCUT2D eigenvalue weighted by Gasteiger charge is 2.11. The van der Waals surface area contributed by atoms with Gasteiger partial charge in [0.05, 0.1) is 6.20 Å². The highest BCUT2D eigenvalue weighted by molar-refractivity contribution is 6.30. The van der Waals surface area contributed by atoms with Crippen LogP contribution < -0.4 is 15.8 Å². The van der Waals surface area contributed by atoms with Gasteiger partial charge in [-0.15, -0.1) is 0 Å². The zero-order valence-corrected chi connectivity index (χ0v) is 16.9. The summed E-state index contributed by atoms with van der Waals surface area (Å²) in [7, 11) is 3.78. The fourth-order valence-electron chi connectivity index (χ4n) is 2.58. The van der Waals surface area contributed by atoms with E-state index in [1.807, 2.05) is 37.2 Å². The van der Waals surface area contributed by atoms with Crippen molar-refractivity contribution in [1.82, 2.24) is 15.8 Å². The van der Waals surface area contributed by atoms with E-state index in [1.165, 1.54) is 0 Å². The molecule has 150 valence electrons. The maximum atomic E-state index is 12.2. The molecule has 3 aromatic rings. The van der Waals surface area contributed by atoms with Gasteiger partial charge in [-0.25, -0.2) is 4.98 Å². The average Bonchev–Trinajstić information content (AvgIpc) is 3.20. The van der Waals surface area contributed by atoms with Crippen molar-refractivity contribution in [3.8, 4) is 11.3 Å². The van der Waals surface area contributed by atoms with E-state index in [9.17, 15) is 9.59 Å². The minimum atomic E-state index is -0.386. The van der Waals surface area contributed by atoms with Crippen LogP contribution in [0.3, 0.4) is 0 Å². The summed E-state index contributed by atoms with van der Waals surface area (Å²) in [6, 6.07) is 14.3. The number of anilines is 1. The van der Waals surface area contributed by atoms with Gasteiger partial charge in [0.25, 0.3) is 5.91 Å². The fraction of sp³-hybridized carbons (Fsp3) is 0.190. The molecule has 2 aromatic carbocycles. The number of hydrogen-bond acceptors (Lipinski definition) is 5. The molecular weight excluding hydrogens is 392 g/mol. The van der Waals surface area contributed by atoms with Crippen LogP contribution in [0.2, 0.25) is 5.02 Å². The van der Waals surface area contributed by atoms with E-state index in [1.54, 1.807) is 36.5 Å². The summed E-state index contributed by atoms with van der Waals surface area (Å²) in [5.74, 6) is 0.317. The molecule has 0 aliphatic carbocycles. The van der Waals surface area contributed by atoms with Crippen LogP contribution in [0.4, 0.5) is 5.69 Å². The van der Waals surface area contributed by atoms with Crippen molar-refractivity contribution >= 4 is 29.1 Å². The minimum Gasteiger partial charge on any atom is -0.441 e. The smallest absolute Gasteiger partial charge is 0.269 e. The fourth-order valence-corrected chi connectivity index (χ4v) is 2.71. The van der Waals surface area contributed by atoms with E-state index in [-0.39, 0.29) is 18.2 Å². The van der Waals surface area contributed by atoms with Gasteiger partial charge < -0.3 is 9.32 Å². The number of aryl methyl sites for hydroxylation is 1. The average molecular weight is 413 g/mol. The normalized spacial score (nSPS) is 10.4. The number of carbonyl (C=O) groups is 2. The predicted molar refractivity (Wildman–Crippen MR) is 112 cm³/mol. The van der Waals surface area contributed by atoms with E-state index in [0.717, 1.165) is 11.3 Å². The van der Waals surface area contributed by atoms with Crippen LogP contribution in [0.5, 0.6) is 0 Å². The lowest BCUT2D eigenvalue weighted by molar-refractivity contribution is -0.121. The van der Waals surface area contributed by atoms with Crippen molar-refractivity contribution < 1.29 is 14.0 Å². The van der Waals surface area contributed by atoms with Crippen LogP contribution in [0, 0.1) is 0 Å². The zero-order valence-electron chi connectivity index (χ0n) is 16.1. The Morgan fingerprint density at radius 2 is 1.86 bits per heavy atom. The first-order valence-corrected chi connectivity index (χ1v) is 9.37. The van der Waals surface area contributed by atoms with Crippen molar-refractivity contribution in [2.75, 3.05) is 19.0 Å². The van der Waals surface area contributed by atoms with Gasteiger partial charge in [-0.3, -0.25) is 20.4 Å². The van der Waals surface area contributed by atoms with Gasteiger partial charge in [0.15, 0.2) is 11.7 Å². The molecule has 0 saturated heterocycles. The molecule has 0 aliphatic heterocycles. The topological polar surface area (TPSA) is 87.5 Å². The number of aromatic nitrogens is 1. The number of hydrazine groups is 1. The Kier molecular flexibility index (Phi) is 6.51. The predicted octanol–water partition coefficient (Wildman–Crippen LogP) is 3.45. The molecule has 0 unspecified atom stereocenters. The molecule has 0 bridgehead atoms. The molecule has 3 rings (SSSR count). The van der Waals surface area contributed by atoms with Gasteiger partial charge in [-0.1, -0.05) is 17.7 Å². The van der Waals surface area contributed by atoms with E-state index in [4.69, 9.17) is 16.0 Å². The van der Waals surface area contributed by atoms with E-state index in [2.05, 4.69) is 15.8 Å². The SMILES string of the molecule is CN(C)c1cccc(C(=O)NNC(=O)CCc2ncc(-c3ccc(Cl)cc3)o2)c1. The van der Waals surface area contributed by atoms with Crippen molar-refractivity contribution in [2.24, 2.45) is 0 Å². The lowest BCUT2D eigenvalue weighted by Crippen LogP contribution is -2.41. The van der Waals surface area contributed by atoms with Gasteiger partial charge in [0.1, 0.15) is 0 Å². The summed E-state index contributed by atoms with van der Waals surface area (Å²) in [5, 5.41) is 0.639. The maximum Gasteiger partial charge on any atom is 0.269 e. The number of halogens is 1. The number of hydrogen-bond donors (Lipinski definition) is 2. The van der Waals surface area contributed by atoms with Gasteiger partial charge in [0.2, 0.25) is 5.91 Å². The Bertz CT molecular complexity index is 999. The van der Waals surface area contributed by atoms with Crippen LogP contribution in [0.15, 0.2) is 59.1 Å². The minimum absolute atomic E-state index is 0.124. The molecule has 2 N–H and O–H groups in total. The van der Waals surface area contributed by atoms with Crippen LogP contribution in [0.1, 0.15) is 22.7 Å². The zero-order chi connectivity index (χ0) is 20.8. The summed E-state index contributed by atoms with van der Waals surface area (Å²) in [4.78, 5) is 30.3. The van der Waals surface area contributed by atoms with E-state index in [0.29, 0.717) is 28.7 Å². The standard InChI is InChI=1S/C21H21ClN4O3/c1-26(2)17-5-3-4-15(12-17)21(28)25-24-19(27)10-11-20-23-13-18(29-20)14-6-8-16(22)9-7-14/h3-9,12-13H,10-11H2,1-2H3,(H,24,27)(H,25,28). The van der Waals surface area contributed by atoms with E-state index >= 15 is 0 Å². The molecule has 8 heteroatoms. The quantitative estimate of drug-likeness (QED) is 0.605. The second-order valence-corrected chi connectivity index (χ2v) is 7.01. The maximum absolute atomic E-state index is 12.2. The lowest BCUT2D eigenvalue weighted by Gasteiger charge is -2.13. The number of carbonyl (C=O) groups excluding carboxylic acids is 2. The molecule has 0 saturated carbocycles. The first kappa shape index (κ1) is 20.4. The number of amides is 2. The third kappa shape index (κ3) is 5.58. The van der Waals surface area contributed by atoms with Gasteiger partial charge in [0, 0.05) is 48.8 Å². The highest BCUT2D eigenvalue weighted by Crippen LogP contribution is 2.22. The molecular formula is C21H21ClN4O3. The number of nitrogens with one attached hydrogen (secondary N) is 2. The molecule has 0 fully saturated rings. The summed E-state index contributed by atoms with van der Waals surface area (Å²) in [6.45, 7) is 0. The molecule has 0 radical (unpaired) electrons. The van der Waals surface area contributed by atoms with Crippen molar-refractivity contribution in [1.29, 1.82) is 0 Å². The first-order chi connectivity index (χ1) is 13.9. The lowest BCUT2D eigenvalue weighted by atomic mass is 10.2. The van der Waals surface area contributed by atoms with Crippen LogP contribution in [-0.2, 0) is 11.2 Å². The van der Waals surface area contributed by atoms with Crippen LogP contribution in [-0.4, -0.2) is 30.9 Å². The Morgan fingerprint density at radius 3 is 2.59 bits per heavy atom. The Hall–Kier alpha value is -3.32. The second-order valence-electron chi connectivity index (χ2n) is 6.57. The molecule has 1 aromatic heterocycles. The largest absolute Gasteiger partial charge is 0.441 e. The second kappa shape index (κ2) is 9.25. The summed E-state index contributed by atoms with van der Waals surface area (Å²) in [5.41, 5.74) is 7.03. The van der Waals surface area contributed by atoms with Crippen LogP contribution in [0.25, 0.3) is 11.3 Å².